The molecule has 102 valence electrons. The van der Waals surface area contributed by atoms with Crippen molar-refractivity contribution in [2.75, 3.05) is 18.5 Å². The number of anilines is 1. The largest absolute Gasteiger partial charge is 0.394 e. The van der Waals surface area contributed by atoms with Gasteiger partial charge in [-0.3, -0.25) is 15.1 Å². The number of nitro benzene ring substituents is 1. The number of benzene rings is 1. The van der Waals surface area contributed by atoms with Gasteiger partial charge in [0, 0.05) is 17.8 Å². The van der Waals surface area contributed by atoms with E-state index in [4.69, 9.17) is 5.11 Å². The molecule has 1 aliphatic heterocycles. The van der Waals surface area contributed by atoms with Crippen LogP contribution in [0, 0.1) is 10.1 Å². The third kappa shape index (κ3) is 3.18. The summed E-state index contributed by atoms with van der Waals surface area (Å²) in [5.74, 6) is 0.415. The molecular weight excluding hydrogens is 252 g/mol. The number of hydrogen-bond donors (Lipinski definition) is 4. The second-order valence-electron chi connectivity index (χ2n) is 4.12. The van der Waals surface area contributed by atoms with E-state index in [1.807, 2.05) is 0 Å². The first-order valence-corrected chi connectivity index (χ1v) is 5.71. The molecule has 8 nitrogen and oxygen atoms in total. The van der Waals surface area contributed by atoms with Crippen LogP contribution in [0.2, 0.25) is 0 Å². The average Bonchev–Trinajstić information content (AvgIpc) is 2.41. The van der Waals surface area contributed by atoms with E-state index in [2.05, 4.69) is 15.6 Å². The summed E-state index contributed by atoms with van der Waals surface area (Å²) in [6.45, 7) is -0.0182. The van der Waals surface area contributed by atoms with E-state index in [0.29, 0.717) is 11.6 Å². The van der Waals surface area contributed by atoms with E-state index in [9.17, 15) is 15.2 Å². The number of non-ortho nitro benzene ring substituents is 1. The average molecular weight is 266 g/mol. The van der Waals surface area contributed by atoms with Crippen LogP contribution in [0.1, 0.15) is 0 Å². The molecule has 8 heteroatoms. The number of nitrogens with one attached hydrogen (secondary N) is 2. The van der Waals surface area contributed by atoms with Crippen LogP contribution in [0.4, 0.5) is 11.4 Å². The Labute approximate surface area is 108 Å². The molecule has 19 heavy (non-hydrogen) atoms. The van der Waals surface area contributed by atoms with Gasteiger partial charge in [-0.2, -0.15) is 0 Å². The Morgan fingerprint density at radius 3 is 2.74 bits per heavy atom. The molecule has 2 rings (SSSR count). The van der Waals surface area contributed by atoms with Crippen molar-refractivity contribution in [2.24, 2.45) is 4.99 Å². The fourth-order valence-corrected chi connectivity index (χ4v) is 1.68. The van der Waals surface area contributed by atoms with Gasteiger partial charge in [-0.1, -0.05) is 0 Å². The molecule has 0 amide bonds. The number of aliphatic imine (C=N–C) groups is 1. The Hall–Kier alpha value is -2.19. The highest BCUT2D eigenvalue weighted by Crippen LogP contribution is 2.15. The highest BCUT2D eigenvalue weighted by Gasteiger charge is 2.23. The van der Waals surface area contributed by atoms with Gasteiger partial charge in [-0.05, 0) is 12.1 Å². The first kappa shape index (κ1) is 13.2. The van der Waals surface area contributed by atoms with Crippen LogP contribution in [0.3, 0.4) is 0 Å². The Bertz CT molecular complexity index is 488. The highest BCUT2D eigenvalue weighted by atomic mass is 16.6. The maximum absolute atomic E-state index is 10.5. The minimum Gasteiger partial charge on any atom is -0.394 e. The van der Waals surface area contributed by atoms with Crippen LogP contribution in [-0.4, -0.2) is 46.4 Å². The smallest absolute Gasteiger partial charge is 0.269 e. The molecule has 1 aromatic rings. The summed E-state index contributed by atoms with van der Waals surface area (Å²) in [5.41, 5.74) is 0.637. The van der Waals surface area contributed by atoms with Crippen molar-refractivity contribution in [3.63, 3.8) is 0 Å². The zero-order valence-electron chi connectivity index (χ0n) is 9.98. The van der Waals surface area contributed by atoms with Crippen molar-refractivity contribution < 1.29 is 15.1 Å². The lowest BCUT2D eigenvalue weighted by Gasteiger charge is -2.27. The van der Waals surface area contributed by atoms with E-state index in [1.54, 1.807) is 12.1 Å². The lowest BCUT2D eigenvalue weighted by Crippen LogP contribution is -2.52. The SMILES string of the molecule is O=[N+]([O-])c1ccc(NC2=NC[C@@H](O)[C@@H](CO)N2)cc1. The first-order valence-electron chi connectivity index (χ1n) is 5.71. The molecule has 1 heterocycles. The van der Waals surface area contributed by atoms with E-state index < -0.39 is 17.1 Å². The number of aliphatic hydroxyl groups excluding tert-OH is 2. The van der Waals surface area contributed by atoms with Crippen molar-refractivity contribution in [3.8, 4) is 0 Å². The van der Waals surface area contributed by atoms with Crippen molar-refractivity contribution in [3.05, 3.63) is 34.4 Å². The quantitative estimate of drug-likeness (QED) is 0.440. The van der Waals surface area contributed by atoms with Crippen molar-refractivity contribution in [2.45, 2.75) is 12.1 Å². The summed E-state index contributed by atoms with van der Waals surface area (Å²) in [5, 5.41) is 34.9. The number of aliphatic hydroxyl groups is 2. The van der Waals surface area contributed by atoms with Gasteiger partial charge < -0.3 is 20.8 Å². The van der Waals surface area contributed by atoms with Gasteiger partial charge >= 0.3 is 0 Å². The summed E-state index contributed by atoms with van der Waals surface area (Å²) in [6, 6.07) is 5.40. The molecule has 1 aliphatic rings. The fourth-order valence-electron chi connectivity index (χ4n) is 1.68. The van der Waals surface area contributed by atoms with Crippen LogP contribution < -0.4 is 10.6 Å². The number of rotatable bonds is 3. The van der Waals surface area contributed by atoms with Crippen LogP contribution in [0.15, 0.2) is 29.3 Å². The Morgan fingerprint density at radius 1 is 1.47 bits per heavy atom. The molecule has 4 N–H and O–H groups in total. The van der Waals surface area contributed by atoms with Crippen molar-refractivity contribution in [1.29, 1.82) is 0 Å². The molecule has 0 bridgehead atoms. The van der Waals surface area contributed by atoms with E-state index in [1.165, 1.54) is 12.1 Å². The van der Waals surface area contributed by atoms with Crippen LogP contribution in [-0.2, 0) is 0 Å². The number of nitro groups is 1. The third-order valence-corrected chi connectivity index (χ3v) is 2.76. The normalized spacial score (nSPS) is 22.3. The summed E-state index contributed by atoms with van der Waals surface area (Å²) >= 11 is 0. The highest BCUT2D eigenvalue weighted by molar-refractivity contribution is 5.94. The van der Waals surface area contributed by atoms with E-state index >= 15 is 0 Å². The zero-order valence-corrected chi connectivity index (χ0v) is 9.98. The van der Waals surface area contributed by atoms with Gasteiger partial charge in [0.05, 0.1) is 30.2 Å². The minimum atomic E-state index is -0.729. The van der Waals surface area contributed by atoms with Gasteiger partial charge in [0.15, 0.2) is 5.96 Å². The van der Waals surface area contributed by atoms with Crippen LogP contribution in [0.5, 0.6) is 0 Å². The molecule has 0 spiro atoms. The third-order valence-electron chi connectivity index (χ3n) is 2.76. The molecule has 0 fully saturated rings. The molecule has 0 aromatic heterocycles. The predicted molar refractivity (Wildman–Crippen MR) is 69.0 cm³/mol. The van der Waals surface area contributed by atoms with Crippen molar-refractivity contribution >= 4 is 17.3 Å². The van der Waals surface area contributed by atoms with E-state index in [-0.39, 0.29) is 18.8 Å². The molecule has 0 unspecified atom stereocenters. The maximum atomic E-state index is 10.5. The fraction of sp³-hybridized carbons (Fsp3) is 0.364. The Balaban J connectivity index is 2.03. The van der Waals surface area contributed by atoms with Crippen LogP contribution in [0.25, 0.3) is 0 Å². The van der Waals surface area contributed by atoms with Gasteiger partial charge in [0.1, 0.15) is 0 Å². The Morgan fingerprint density at radius 2 is 2.16 bits per heavy atom. The summed E-state index contributed by atoms with van der Waals surface area (Å²) < 4.78 is 0. The summed E-state index contributed by atoms with van der Waals surface area (Å²) in [7, 11) is 0. The lowest BCUT2D eigenvalue weighted by atomic mass is 10.1. The second kappa shape index (κ2) is 5.63. The molecule has 0 aliphatic carbocycles. The number of hydrogen-bond acceptors (Lipinski definition) is 7. The Kier molecular flexibility index (Phi) is 3.93. The zero-order chi connectivity index (χ0) is 13.8. The molecular formula is C11H14N4O4. The van der Waals surface area contributed by atoms with Crippen LogP contribution >= 0.6 is 0 Å². The molecule has 1 aromatic carbocycles. The standard InChI is InChI=1S/C11H14N4O4/c16-6-9-10(17)5-12-11(14-9)13-7-1-3-8(4-2-7)15(18)19/h1-4,9-10,16-17H,5-6H2,(H2,12,13,14)/t9-,10-/m1/s1. The van der Waals surface area contributed by atoms with Gasteiger partial charge in [0.25, 0.3) is 5.69 Å². The van der Waals surface area contributed by atoms with E-state index in [0.717, 1.165) is 0 Å². The van der Waals surface area contributed by atoms with Gasteiger partial charge in [0.2, 0.25) is 0 Å². The van der Waals surface area contributed by atoms with Crippen molar-refractivity contribution in [1.82, 2.24) is 5.32 Å². The number of guanidine groups is 1. The first-order chi connectivity index (χ1) is 9.10. The lowest BCUT2D eigenvalue weighted by molar-refractivity contribution is -0.384. The molecule has 0 radical (unpaired) electrons. The maximum Gasteiger partial charge on any atom is 0.269 e. The second-order valence-corrected chi connectivity index (χ2v) is 4.12. The summed E-state index contributed by atoms with van der Waals surface area (Å²) in [6.07, 6.45) is -0.729. The monoisotopic (exact) mass is 266 g/mol. The molecule has 0 saturated carbocycles. The minimum absolute atomic E-state index is 0.00718. The molecule has 2 atom stereocenters. The predicted octanol–water partition coefficient (Wildman–Crippen LogP) is -0.312. The number of nitrogens with zero attached hydrogens (tertiary/aromatic N) is 2. The summed E-state index contributed by atoms with van der Waals surface area (Å²) in [4.78, 5) is 14.1. The molecule has 0 saturated heterocycles. The van der Waals surface area contributed by atoms with Gasteiger partial charge in [-0.15, -0.1) is 0 Å². The van der Waals surface area contributed by atoms with Gasteiger partial charge in [-0.25, -0.2) is 0 Å². The topological polar surface area (TPSA) is 120 Å².